The first-order valence-electron chi connectivity index (χ1n) is 8.44. The van der Waals surface area contributed by atoms with Crippen molar-refractivity contribution in [2.24, 2.45) is 5.92 Å². The molecule has 1 aromatic carbocycles. The van der Waals surface area contributed by atoms with E-state index in [4.69, 9.17) is 23.2 Å². The predicted molar refractivity (Wildman–Crippen MR) is 103 cm³/mol. The number of fused-ring (bicyclic) bond motifs is 1. The van der Waals surface area contributed by atoms with Crippen LogP contribution in [0.1, 0.15) is 12.0 Å². The van der Waals surface area contributed by atoms with Crippen LogP contribution in [0.15, 0.2) is 29.2 Å². The molecule has 3 heterocycles. The molecule has 0 bridgehead atoms. The van der Waals surface area contributed by atoms with Crippen molar-refractivity contribution in [1.82, 2.24) is 24.8 Å². The van der Waals surface area contributed by atoms with Crippen molar-refractivity contribution < 1.29 is 0 Å². The molecular formula is C17H18Cl2N6O. The number of hydrogen-bond donors (Lipinski definition) is 3. The summed E-state index contributed by atoms with van der Waals surface area (Å²) in [4.78, 5) is 23.9. The number of aromatic amines is 1. The number of aromatic nitrogens is 4. The molecule has 26 heavy (non-hydrogen) atoms. The molecule has 1 fully saturated rings. The second-order valence-corrected chi connectivity index (χ2v) is 7.25. The third-order valence-corrected chi connectivity index (χ3v) is 5.29. The van der Waals surface area contributed by atoms with Gasteiger partial charge in [0.05, 0.1) is 22.8 Å². The lowest BCUT2D eigenvalue weighted by molar-refractivity contribution is 0.613. The SMILES string of the molecule is O=c1[nH]c2cnc(NC[C@@H]3CCNC3)nc2n1Cc1ccc(Cl)c(Cl)c1. The number of benzene rings is 1. The second kappa shape index (κ2) is 7.26. The Balaban J connectivity index is 1.60. The summed E-state index contributed by atoms with van der Waals surface area (Å²) in [5.74, 6) is 1.09. The highest BCUT2D eigenvalue weighted by Crippen LogP contribution is 2.23. The fourth-order valence-electron chi connectivity index (χ4n) is 3.12. The molecule has 1 aliphatic rings. The van der Waals surface area contributed by atoms with Gasteiger partial charge in [-0.15, -0.1) is 0 Å². The first-order chi connectivity index (χ1) is 12.6. The lowest BCUT2D eigenvalue weighted by atomic mass is 10.1. The van der Waals surface area contributed by atoms with Gasteiger partial charge in [-0.25, -0.2) is 9.78 Å². The number of anilines is 1. The van der Waals surface area contributed by atoms with Gasteiger partial charge in [0.25, 0.3) is 0 Å². The Morgan fingerprint density at radius 2 is 2.19 bits per heavy atom. The van der Waals surface area contributed by atoms with Crippen LogP contribution in [0.25, 0.3) is 11.2 Å². The molecule has 0 radical (unpaired) electrons. The minimum Gasteiger partial charge on any atom is -0.354 e. The van der Waals surface area contributed by atoms with Crippen LogP contribution in [0, 0.1) is 5.92 Å². The number of hydrogen-bond acceptors (Lipinski definition) is 5. The number of imidazole rings is 1. The van der Waals surface area contributed by atoms with E-state index in [9.17, 15) is 4.79 Å². The average Bonchev–Trinajstić information content (AvgIpc) is 3.25. The number of halogens is 2. The van der Waals surface area contributed by atoms with E-state index in [1.807, 2.05) is 6.07 Å². The predicted octanol–water partition coefficient (Wildman–Crippen LogP) is 2.50. The Hall–Kier alpha value is -2.09. The first-order valence-corrected chi connectivity index (χ1v) is 9.20. The number of H-pyrrole nitrogens is 1. The molecule has 2 aromatic heterocycles. The molecule has 7 nitrogen and oxygen atoms in total. The molecule has 0 amide bonds. The third-order valence-electron chi connectivity index (χ3n) is 4.55. The van der Waals surface area contributed by atoms with Crippen molar-refractivity contribution in [3.8, 4) is 0 Å². The second-order valence-electron chi connectivity index (χ2n) is 6.44. The smallest absolute Gasteiger partial charge is 0.328 e. The van der Waals surface area contributed by atoms with Crippen molar-refractivity contribution in [3.63, 3.8) is 0 Å². The van der Waals surface area contributed by atoms with Gasteiger partial charge in [-0.2, -0.15) is 4.98 Å². The van der Waals surface area contributed by atoms with Crippen LogP contribution >= 0.6 is 23.2 Å². The minimum atomic E-state index is -0.238. The van der Waals surface area contributed by atoms with Crippen LogP contribution in [0.5, 0.6) is 0 Å². The molecule has 136 valence electrons. The Morgan fingerprint density at radius 1 is 1.31 bits per heavy atom. The Labute approximate surface area is 159 Å². The van der Waals surface area contributed by atoms with E-state index >= 15 is 0 Å². The largest absolute Gasteiger partial charge is 0.354 e. The van der Waals surface area contributed by atoms with Gasteiger partial charge in [0.1, 0.15) is 5.52 Å². The minimum absolute atomic E-state index is 0.238. The highest BCUT2D eigenvalue weighted by Gasteiger charge is 2.15. The fourth-order valence-corrected chi connectivity index (χ4v) is 3.44. The normalized spacial score (nSPS) is 17.1. The highest BCUT2D eigenvalue weighted by molar-refractivity contribution is 6.42. The maximum Gasteiger partial charge on any atom is 0.328 e. The summed E-state index contributed by atoms with van der Waals surface area (Å²) in [6.07, 6.45) is 2.77. The van der Waals surface area contributed by atoms with Gasteiger partial charge in [0.15, 0.2) is 5.65 Å². The quantitative estimate of drug-likeness (QED) is 0.620. The Bertz CT molecular complexity index is 993. The van der Waals surface area contributed by atoms with E-state index < -0.39 is 0 Å². The lowest BCUT2D eigenvalue weighted by Gasteiger charge is -2.10. The molecule has 3 N–H and O–H groups in total. The van der Waals surface area contributed by atoms with Gasteiger partial charge in [-0.05, 0) is 43.1 Å². The summed E-state index contributed by atoms with van der Waals surface area (Å²) in [7, 11) is 0. The van der Waals surface area contributed by atoms with Crippen molar-refractivity contribution in [3.05, 3.63) is 50.5 Å². The first kappa shape index (κ1) is 17.3. The Kier molecular flexibility index (Phi) is 4.84. The van der Waals surface area contributed by atoms with E-state index in [0.717, 1.165) is 31.6 Å². The summed E-state index contributed by atoms with van der Waals surface area (Å²) in [6, 6.07) is 5.31. The van der Waals surface area contributed by atoms with Crippen molar-refractivity contribution in [1.29, 1.82) is 0 Å². The molecule has 4 rings (SSSR count). The zero-order chi connectivity index (χ0) is 18.1. The highest BCUT2D eigenvalue weighted by atomic mass is 35.5. The van der Waals surface area contributed by atoms with Gasteiger partial charge >= 0.3 is 5.69 Å². The van der Waals surface area contributed by atoms with Gasteiger partial charge in [-0.1, -0.05) is 29.3 Å². The van der Waals surface area contributed by atoms with Gasteiger partial charge in [-0.3, -0.25) is 4.57 Å². The monoisotopic (exact) mass is 392 g/mol. The molecule has 1 aliphatic heterocycles. The number of rotatable bonds is 5. The van der Waals surface area contributed by atoms with Crippen LogP contribution in [0.4, 0.5) is 5.95 Å². The Morgan fingerprint density at radius 3 is 2.96 bits per heavy atom. The van der Waals surface area contributed by atoms with Crippen LogP contribution < -0.4 is 16.3 Å². The van der Waals surface area contributed by atoms with Crippen molar-refractivity contribution in [2.45, 2.75) is 13.0 Å². The van der Waals surface area contributed by atoms with Crippen LogP contribution in [-0.2, 0) is 6.54 Å². The van der Waals surface area contributed by atoms with E-state index in [1.165, 1.54) is 0 Å². The summed E-state index contributed by atoms with van der Waals surface area (Å²) in [6.45, 7) is 3.20. The molecule has 1 saturated heterocycles. The van der Waals surface area contributed by atoms with Gasteiger partial charge < -0.3 is 15.6 Å². The van der Waals surface area contributed by atoms with E-state index in [1.54, 1.807) is 22.9 Å². The standard InChI is InChI=1S/C17H18Cl2N6O/c18-12-2-1-10(5-13(12)19)9-25-15-14(23-17(25)26)8-22-16(24-15)21-7-11-3-4-20-6-11/h1-2,5,8,11,20H,3-4,6-7,9H2,(H,23,26)(H,21,22,24)/t11-/m1/s1. The maximum atomic E-state index is 12.3. The van der Waals surface area contributed by atoms with E-state index in [-0.39, 0.29) is 5.69 Å². The zero-order valence-corrected chi connectivity index (χ0v) is 15.4. The molecule has 3 aromatic rings. The third kappa shape index (κ3) is 3.56. The van der Waals surface area contributed by atoms with E-state index in [0.29, 0.717) is 39.6 Å². The molecule has 0 unspecified atom stereocenters. The molecule has 0 aliphatic carbocycles. The molecular weight excluding hydrogens is 375 g/mol. The number of nitrogens with zero attached hydrogens (tertiary/aromatic N) is 3. The van der Waals surface area contributed by atoms with Crippen molar-refractivity contribution >= 4 is 40.3 Å². The summed E-state index contributed by atoms with van der Waals surface area (Å²) >= 11 is 12.0. The fraction of sp³-hybridized carbons (Fsp3) is 0.353. The average molecular weight is 393 g/mol. The topological polar surface area (TPSA) is 87.6 Å². The van der Waals surface area contributed by atoms with Crippen LogP contribution in [0.2, 0.25) is 10.0 Å². The van der Waals surface area contributed by atoms with Crippen LogP contribution in [0.3, 0.4) is 0 Å². The van der Waals surface area contributed by atoms with Gasteiger partial charge in [0, 0.05) is 6.54 Å². The lowest BCUT2D eigenvalue weighted by Crippen LogP contribution is -2.19. The number of nitrogens with one attached hydrogen (secondary N) is 3. The molecule has 9 heteroatoms. The molecule has 0 spiro atoms. The van der Waals surface area contributed by atoms with Crippen molar-refractivity contribution in [2.75, 3.05) is 25.0 Å². The molecule has 0 saturated carbocycles. The molecule has 1 atom stereocenters. The van der Waals surface area contributed by atoms with Crippen LogP contribution in [-0.4, -0.2) is 39.2 Å². The van der Waals surface area contributed by atoms with Gasteiger partial charge in [0.2, 0.25) is 5.95 Å². The van der Waals surface area contributed by atoms with E-state index in [2.05, 4.69) is 25.6 Å². The zero-order valence-electron chi connectivity index (χ0n) is 13.9. The summed E-state index contributed by atoms with van der Waals surface area (Å²) in [5, 5.41) is 7.54. The summed E-state index contributed by atoms with van der Waals surface area (Å²) < 4.78 is 1.57. The maximum absolute atomic E-state index is 12.3. The summed E-state index contributed by atoms with van der Waals surface area (Å²) in [5.41, 5.74) is 1.79.